The second-order valence-corrected chi connectivity index (χ2v) is 7.17. The van der Waals surface area contributed by atoms with Gasteiger partial charge in [0.1, 0.15) is 11.6 Å². The Morgan fingerprint density at radius 3 is 2.35 bits per heavy atom. The lowest BCUT2D eigenvalue weighted by Gasteiger charge is -2.13. The Labute approximate surface area is 181 Å². The van der Waals surface area contributed by atoms with Gasteiger partial charge in [0.15, 0.2) is 0 Å². The van der Waals surface area contributed by atoms with Crippen molar-refractivity contribution < 1.29 is 18.7 Å². The van der Waals surface area contributed by atoms with Crippen LogP contribution in [0.2, 0.25) is 0 Å². The molecule has 0 aliphatic rings. The van der Waals surface area contributed by atoms with Crippen molar-refractivity contribution in [1.29, 1.82) is 0 Å². The zero-order valence-electron chi connectivity index (χ0n) is 17.6. The number of nitrogens with zero attached hydrogens (tertiary/aromatic N) is 1. The van der Waals surface area contributed by atoms with Gasteiger partial charge in [-0.3, -0.25) is 9.78 Å². The lowest BCUT2D eigenvalue weighted by molar-refractivity contribution is 0.0915. The molecule has 0 spiro atoms. The summed E-state index contributed by atoms with van der Waals surface area (Å²) >= 11 is 0. The van der Waals surface area contributed by atoms with Gasteiger partial charge >= 0.3 is 0 Å². The summed E-state index contributed by atoms with van der Waals surface area (Å²) in [7, 11) is 0. The molecule has 5 nitrogen and oxygen atoms in total. The lowest BCUT2D eigenvalue weighted by atomic mass is 10.1. The molecule has 0 radical (unpaired) electrons. The Hall–Kier alpha value is -3.16. The summed E-state index contributed by atoms with van der Waals surface area (Å²) in [5.74, 6) is -1.27. The third kappa shape index (κ3) is 9.46. The minimum Gasteiger partial charge on any atom is -0.390 e. The molecule has 1 amide bonds. The molecule has 0 saturated carbocycles. The molecule has 3 aromatic rings. The van der Waals surface area contributed by atoms with Gasteiger partial charge in [0.05, 0.1) is 11.7 Å². The number of halogens is 2. The first-order chi connectivity index (χ1) is 14.8. The van der Waals surface area contributed by atoms with Crippen molar-refractivity contribution in [2.45, 2.75) is 26.5 Å². The number of aromatic nitrogens is 1. The van der Waals surface area contributed by atoms with Gasteiger partial charge in [-0.25, -0.2) is 8.78 Å². The van der Waals surface area contributed by atoms with Crippen LogP contribution in [0.25, 0.3) is 0 Å². The second kappa shape index (κ2) is 12.5. The highest BCUT2D eigenvalue weighted by molar-refractivity contribution is 5.93. The van der Waals surface area contributed by atoms with Crippen LogP contribution in [0.5, 0.6) is 0 Å². The fourth-order valence-electron chi connectivity index (χ4n) is 2.78. The molecule has 0 aliphatic carbocycles. The summed E-state index contributed by atoms with van der Waals surface area (Å²) in [6.45, 7) is 5.00. The molecule has 164 valence electrons. The summed E-state index contributed by atoms with van der Waals surface area (Å²) in [5, 5.41) is 15.8. The van der Waals surface area contributed by atoms with Crippen LogP contribution in [0.1, 0.15) is 27.0 Å². The van der Waals surface area contributed by atoms with E-state index in [1.165, 1.54) is 29.5 Å². The third-order valence-electron chi connectivity index (χ3n) is 4.22. The monoisotopic (exact) mass is 427 g/mol. The first-order valence-electron chi connectivity index (χ1n) is 9.88. The molecular formula is C24H27F2N3O2. The van der Waals surface area contributed by atoms with E-state index >= 15 is 0 Å². The number of aliphatic hydroxyl groups excluding tert-OH is 1. The Bertz CT molecular complexity index is 918. The molecule has 1 unspecified atom stereocenters. The predicted molar refractivity (Wildman–Crippen MR) is 117 cm³/mol. The molecule has 3 N–H and O–H groups in total. The molecular weight excluding hydrogens is 400 g/mol. The van der Waals surface area contributed by atoms with Crippen LogP contribution < -0.4 is 10.6 Å². The van der Waals surface area contributed by atoms with E-state index in [4.69, 9.17) is 0 Å². The number of aliphatic hydroxyl groups is 1. The zero-order chi connectivity index (χ0) is 22.6. The number of pyridine rings is 1. The molecule has 0 saturated heterocycles. The van der Waals surface area contributed by atoms with E-state index < -0.39 is 17.7 Å². The zero-order valence-corrected chi connectivity index (χ0v) is 17.6. The van der Waals surface area contributed by atoms with Gasteiger partial charge in [-0.15, -0.1) is 0 Å². The van der Waals surface area contributed by atoms with Crippen LogP contribution in [-0.4, -0.2) is 35.2 Å². The van der Waals surface area contributed by atoms with Crippen LogP contribution in [0, 0.1) is 25.5 Å². The summed E-state index contributed by atoms with van der Waals surface area (Å²) in [4.78, 5) is 15.7. The molecule has 1 atom stereocenters. The molecule has 2 aromatic carbocycles. The number of hydrogen-bond acceptors (Lipinski definition) is 4. The number of amides is 1. The first kappa shape index (κ1) is 24.1. The van der Waals surface area contributed by atoms with Crippen LogP contribution >= 0.6 is 0 Å². The Morgan fingerprint density at radius 2 is 1.74 bits per heavy atom. The number of nitrogens with one attached hydrogen (secondary N) is 2. The minimum absolute atomic E-state index is 0.203. The van der Waals surface area contributed by atoms with Crippen LogP contribution in [0.15, 0.2) is 67.0 Å². The molecule has 1 heterocycles. The van der Waals surface area contributed by atoms with Crippen LogP contribution in [0.3, 0.4) is 0 Å². The van der Waals surface area contributed by atoms with Gasteiger partial charge in [0.2, 0.25) is 0 Å². The smallest absolute Gasteiger partial charge is 0.252 e. The quantitative estimate of drug-likeness (QED) is 0.539. The summed E-state index contributed by atoms with van der Waals surface area (Å²) in [6.07, 6.45) is 2.48. The van der Waals surface area contributed by atoms with Crippen molar-refractivity contribution >= 4 is 5.91 Å². The average molecular weight is 427 g/mol. The van der Waals surface area contributed by atoms with E-state index in [0.29, 0.717) is 24.2 Å². The van der Waals surface area contributed by atoms with E-state index in [1.54, 1.807) is 25.3 Å². The summed E-state index contributed by atoms with van der Waals surface area (Å²) in [6, 6.07) is 15.0. The third-order valence-corrected chi connectivity index (χ3v) is 4.22. The standard InChI is InChI=1S/C17H21N3O2.C7H6F2/c1-13-4-2-5-14(8-13)9-19-11-16(21)12-20-17(22)15-6-3-7-18-10-15;1-5-2-6(8)4-7(9)3-5/h2-8,10,16,19,21H,9,11-12H2,1H3,(H,20,22);2-4H,1H3. The first-order valence-corrected chi connectivity index (χ1v) is 9.88. The van der Waals surface area contributed by atoms with Crippen molar-refractivity contribution in [3.05, 3.63) is 101 Å². The van der Waals surface area contributed by atoms with Gasteiger partial charge in [-0.2, -0.15) is 0 Å². The van der Waals surface area contributed by atoms with E-state index in [2.05, 4.69) is 21.7 Å². The highest BCUT2D eigenvalue weighted by Crippen LogP contribution is 2.05. The van der Waals surface area contributed by atoms with Crippen molar-refractivity contribution in [2.75, 3.05) is 13.1 Å². The maximum absolute atomic E-state index is 12.2. The highest BCUT2D eigenvalue weighted by atomic mass is 19.1. The summed E-state index contributed by atoms with van der Waals surface area (Å²) < 4.78 is 24.4. The molecule has 7 heteroatoms. The number of carbonyl (C=O) groups is 1. The van der Waals surface area contributed by atoms with Gasteiger partial charge in [-0.05, 0) is 49.2 Å². The maximum atomic E-state index is 12.2. The topological polar surface area (TPSA) is 74.2 Å². The van der Waals surface area contributed by atoms with E-state index in [1.807, 2.05) is 25.1 Å². The molecule has 31 heavy (non-hydrogen) atoms. The second-order valence-electron chi connectivity index (χ2n) is 7.17. The Morgan fingerprint density at radius 1 is 1.00 bits per heavy atom. The SMILES string of the molecule is Cc1cc(F)cc(F)c1.Cc1cccc(CNCC(O)CNC(=O)c2cccnc2)c1. The number of aryl methyl sites for hydroxylation is 2. The fourth-order valence-corrected chi connectivity index (χ4v) is 2.78. The maximum Gasteiger partial charge on any atom is 0.252 e. The van der Waals surface area contributed by atoms with Crippen molar-refractivity contribution in [3.8, 4) is 0 Å². The Kier molecular flexibility index (Phi) is 9.74. The highest BCUT2D eigenvalue weighted by Gasteiger charge is 2.08. The largest absolute Gasteiger partial charge is 0.390 e. The lowest BCUT2D eigenvalue weighted by Crippen LogP contribution is -2.38. The normalized spacial score (nSPS) is 11.3. The van der Waals surface area contributed by atoms with Gasteiger partial charge in [-0.1, -0.05) is 29.8 Å². The average Bonchev–Trinajstić information content (AvgIpc) is 2.72. The van der Waals surface area contributed by atoms with E-state index in [-0.39, 0.29) is 12.5 Å². The Balaban J connectivity index is 0.000000316. The van der Waals surface area contributed by atoms with Gasteiger partial charge < -0.3 is 15.7 Å². The molecule has 0 fully saturated rings. The molecule has 1 aromatic heterocycles. The number of benzene rings is 2. The van der Waals surface area contributed by atoms with Crippen molar-refractivity contribution in [2.24, 2.45) is 0 Å². The number of carbonyl (C=O) groups excluding carboxylic acids is 1. The summed E-state index contributed by atoms with van der Waals surface area (Å²) in [5.41, 5.74) is 3.48. The van der Waals surface area contributed by atoms with Crippen LogP contribution in [-0.2, 0) is 6.54 Å². The predicted octanol–water partition coefficient (Wildman–Crippen LogP) is 3.54. The number of hydrogen-bond donors (Lipinski definition) is 3. The molecule has 0 aliphatic heterocycles. The van der Waals surface area contributed by atoms with Crippen LogP contribution in [0.4, 0.5) is 8.78 Å². The molecule has 3 rings (SSSR count). The molecule has 0 bridgehead atoms. The van der Waals surface area contributed by atoms with Crippen molar-refractivity contribution in [3.63, 3.8) is 0 Å². The van der Waals surface area contributed by atoms with Crippen molar-refractivity contribution in [1.82, 2.24) is 15.6 Å². The van der Waals surface area contributed by atoms with Gasteiger partial charge in [0.25, 0.3) is 5.91 Å². The number of rotatable bonds is 7. The minimum atomic E-state index is -0.634. The fraction of sp³-hybridized carbons (Fsp3) is 0.250. The van der Waals surface area contributed by atoms with E-state index in [9.17, 15) is 18.7 Å². The van der Waals surface area contributed by atoms with Gasteiger partial charge in [0, 0.05) is 38.1 Å². The van der Waals surface area contributed by atoms with E-state index in [0.717, 1.165) is 6.07 Å².